The minimum atomic E-state index is -0.982. The molecule has 1 aromatic carbocycles. The lowest BCUT2D eigenvalue weighted by atomic mass is 10.1. The fourth-order valence-electron chi connectivity index (χ4n) is 2.29. The Hall–Kier alpha value is -1.66. The summed E-state index contributed by atoms with van der Waals surface area (Å²) in [5, 5.41) is 10.9. The molecule has 0 aliphatic carbocycles. The third-order valence-corrected chi connectivity index (χ3v) is 5.11. The molecule has 0 saturated heterocycles. The van der Waals surface area contributed by atoms with E-state index in [-0.39, 0.29) is 11.5 Å². The third-order valence-electron chi connectivity index (χ3n) is 3.28. The van der Waals surface area contributed by atoms with Gasteiger partial charge in [-0.25, -0.2) is 4.79 Å². The Kier molecular flexibility index (Phi) is 3.35. The maximum Gasteiger partial charge on any atom is 0.335 e. The predicted molar refractivity (Wildman–Crippen MR) is 80.8 cm³/mol. The summed E-state index contributed by atoms with van der Waals surface area (Å²) in [5.41, 5.74) is 1.92. The summed E-state index contributed by atoms with van der Waals surface area (Å²) in [6.07, 6.45) is 0.754. The molecule has 6 heteroatoms. The molecular weight excluding hydrogens is 342 g/mol. The second-order valence-electron chi connectivity index (χ2n) is 4.45. The summed E-state index contributed by atoms with van der Waals surface area (Å²) >= 11 is 4.74. The summed E-state index contributed by atoms with van der Waals surface area (Å²) in [6, 6.07) is 6.78. The van der Waals surface area contributed by atoms with Crippen LogP contribution in [-0.2, 0) is 6.42 Å². The minimum Gasteiger partial charge on any atom is -0.478 e. The molecule has 0 bridgehead atoms. The van der Waals surface area contributed by atoms with Gasteiger partial charge in [0.05, 0.1) is 5.56 Å². The topological polar surface area (TPSA) is 57.6 Å². The summed E-state index contributed by atoms with van der Waals surface area (Å²) in [7, 11) is 0. The van der Waals surface area contributed by atoms with Crippen LogP contribution in [0.1, 0.15) is 25.6 Å². The van der Waals surface area contributed by atoms with Crippen molar-refractivity contribution in [2.45, 2.75) is 6.42 Å². The number of carboxylic acids is 1. The number of carbonyl (C=O) groups is 2. The highest BCUT2D eigenvalue weighted by atomic mass is 79.9. The number of rotatable bonds is 2. The number of thiophene rings is 1. The Morgan fingerprint density at radius 1 is 1.30 bits per heavy atom. The van der Waals surface area contributed by atoms with Gasteiger partial charge in [0.25, 0.3) is 5.91 Å². The molecule has 20 heavy (non-hydrogen) atoms. The molecule has 0 spiro atoms. The fourth-order valence-corrected chi connectivity index (χ4v) is 3.78. The first-order valence-electron chi connectivity index (χ1n) is 5.99. The van der Waals surface area contributed by atoms with Crippen LogP contribution in [0, 0.1) is 0 Å². The van der Waals surface area contributed by atoms with Crippen molar-refractivity contribution >= 4 is 44.8 Å². The number of fused-ring (bicyclic) bond motifs is 1. The zero-order valence-corrected chi connectivity index (χ0v) is 12.7. The Bertz CT molecular complexity index is 710. The molecule has 0 fully saturated rings. The van der Waals surface area contributed by atoms with Crippen molar-refractivity contribution < 1.29 is 14.7 Å². The van der Waals surface area contributed by atoms with E-state index in [4.69, 9.17) is 5.11 Å². The van der Waals surface area contributed by atoms with Gasteiger partial charge in [-0.1, -0.05) is 6.07 Å². The van der Waals surface area contributed by atoms with Gasteiger partial charge in [0.1, 0.15) is 4.88 Å². The first kappa shape index (κ1) is 13.3. The van der Waals surface area contributed by atoms with Crippen molar-refractivity contribution in [3.05, 3.63) is 50.1 Å². The van der Waals surface area contributed by atoms with Crippen LogP contribution in [0.15, 0.2) is 34.1 Å². The molecule has 1 amide bonds. The number of anilines is 1. The quantitative estimate of drug-likeness (QED) is 0.901. The number of aromatic carboxylic acids is 1. The van der Waals surface area contributed by atoms with Crippen LogP contribution in [0.25, 0.3) is 0 Å². The van der Waals surface area contributed by atoms with Gasteiger partial charge in [-0.05, 0) is 51.5 Å². The number of hydrogen-bond acceptors (Lipinski definition) is 3. The van der Waals surface area contributed by atoms with Crippen molar-refractivity contribution in [3.8, 4) is 0 Å². The van der Waals surface area contributed by atoms with Gasteiger partial charge in [-0.3, -0.25) is 4.79 Å². The predicted octanol–water partition coefficient (Wildman–Crippen LogP) is 3.41. The summed E-state index contributed by atoms with van der Waals surface area (Å²) in [6.45, 7) is 0.585. The number of amides is 1. The van der Waals surface area contributed by atoms with Crippen LogP contribution in [-0.4, -0.2) is 23.5 Å². The molecule has 2 heterocycles. The number of carboxylic acid groups (broad SMARTS) is 1. The Labute approximate surface area is 127 Å². The molecule has 1 aliphatic heterocycles. The highest BCUT2D eigenvalue weighted by molar-refractivity contribution is 9.10. The lowest BCUT2D eigenvalue weighted by Crippen LogP contribution is -2.28. The second-order valence-corrected chi connectivity index (χ2v) is 6.22. The van der Waals surface area contributed by atoms with Crippen molar-refractivity contribution in [2.75, 3.05) is 11.4 Å². The minimum absolute atomic E-state index is 0.0897. The number of benzene rings is 1. The van der Waals surface area contributed by atoms with E-state index in [1.807, 2.05) is 11.4 Å². The zero-order valence-electron chi connectivity index (χ0n) is 10.3. The Morgan fingerprint density at radius 3 is 2.75 bits per heavy atom. The van der Waals surface area contributed by atoms with Crippen LogP contribution in [0.2, 0.25) is 0 Å². The lowest BCUT2D eigenvalue weighted by molar-refractivity contribution is 0.0696. The van der Waals surface area contributed by atoms with E-state index in [9.17, 15) is 9.59 Å². The van der Waals surface area contributed by atoms with E-state index in [2.05, 4.69) is 15.9 Å². The molecule has 102 valence electrons. The lowest BCUT2D eigenvalue weighted by Gasteiger charge is -2.17. The molecule has 0 atom stereocenters. The number of hydrogen-bond donors (Lipinski definition) is 1. The van der Waals surface area contributed by atoms with Gasteiger partial charge in [0.15, 0.2) is 0 Å². The molecule has 0 unspecified atom stereocenters. The number of halogens is 1. The molecule has 3 rings (SSSR count). The summed E-state index contributed by atoms with van der Waals surface area (Å²) in [5.74, 6) is -1.07. The molecule has 4 nitrogen and oxygen atoms in total. The zero-order chi connectivity index (χ0) is 14.3. The Balaban J connectivity index is 2.00. The van der Waals surface area contributed by atoms with E-state index in [1.54, 1.807) is 23.1 Å². The van der Waals surface area contributed by atoms with Crippen molar-refractivity contribution in [1.82, 2.24) is 0 Å². The second kappa shape index (κ2) is 5.03. The van der Waals surface area contributed by atoms with E-state index in [0.717, 1.165) is 16.5 Å². The molecule has 1 aliphatic rings. The monoisotopic (exact) mass is 351 g/mol. The number of nitrogens with zero attached hydrogens (tertiary/aromatic N) is 1. The smallest absolute Gasteiger partial charge is 0.335 e. The van der Waals surface area contributed by atoms with Gasteiger partial charge in [0.2, 0.25) is 0 Å². The van der Waals surface area contributed by atoms with Crippen LogP contribution in [0.5, 0.6) is 0 Å². The first-order chi connectivity index (χ1) is 9.58. The van der Waals surface area contributed by atoms with Crippen LogP contribution in [0.4, 0.5) is 5.69 Å². The molecule has 1 aromatic heterocycles. The van der Waals surface area contributed by atoms with E-state index in [1.165, 1.54) is 11.3 Å². The highest BCUT2D eigenvalue weighted by Gasteiger charge is 2.28. The SMILES string of the molecule is O=C(O)c1ccc2c(c1)N(C(=O)c1sccc1Br)CC2. The normalized spacial score (nSPS) is 13.3. The molecule has 2 aromatic rings. The first-order valence-corrected chi connectivity index (χ1v) is 7.66. The van der Waals surface area contributed by atoms with Gasteiger partial charge >= 0.3 is 5.97 Å². The standard InChI is InChI=1S/C14H10BrNO3S/c15-10-4-6-20-12(10)13(17)16-5-3-8-1-2-9(14(18)19)7-11(8)16/h1-2,4,6-7H,3,5H2,(H,18,19). The largest absolute Gasteiger partial charge is 0.478 e. The van der Waals surface area contributed by atoms with Crippen molar-refractivity contribution in [2.24, 2.45) is 0 Å². The molecule has 0 saturated carbocycles. The van der Waals surface area contributed by atoms with E-state index < -0.39 is 5.97 Å². The Morgan fingerprint density at radius 2 is 2.10 bits per heavy atom. The van der Waals surface area contributed by atoms with Crippen molar-refractivity contribution in [1.29, 1.82) is 0 Å². The molecule has 0 radical (unpaired) electrons. The van der Waals surface area contributed by atoms with Crippen LogP contribution in [0.3, 0.4) is 0 Å². The maximum absolute atomic E-state index is 12.5. The number of carbonyl (C=O) groups excluding carboxylic acids is 1. The van der Waals surface area contributed by atoms with E-state index >= 15 is 0 Å². The van der Waals surface area contributed by atoms with E-state index in [0.29, 0.717) is 17.1 Å². The molecular formula is C14H10BrNO3S. The average Bonchev–Trinajstić information content (AvgIpc) is 3.03. The average molecular weight is 352 g/mol. The van der Waals surface area contributed by atoms with Crippen molar-refractivity contribution in [3.63, 3.8) is 0 Å². The summed E-state index contributed by atoms with van der Waals surface area (Å²) < 4.78 is 0.773. The fraction of sp³-hybridized carbons (Fsp3) is 0.143. The van der Waals surface area contributed by atoms with Gasteiger partial charge < -0.3 is 10.0 Å². The molecule has 1 N–H and O–H groups in total. The third kappa shape index (κ3) is 2.14. The van der Waals surface area contributed by atoms with Gasteiger partial charge in [0, 0.05) is 16.7 Å². The van der Waals surface area contributed by atoms with Gasteiger partial charge in [-0.2, -0.15) is 0 Å². The van der Waals surface area contributed by atoms with Gasteiger partial charge in [-0.15, -0.1) is 11.3 Å². The van der Waals surface area contributed by atoms with Crippen LogP contribution < -0.4 is 4.90 Å². The maximum atomic E-state index is 12.5. The van der Waals surface area contributed by atoms with Crippen LogP contribution >= 0.6 is 27.3 Å². The summed E-state index contributed by atoms with van der Waals surface area (Å²) in [4.78, 5) is 25.9. The highest BCUT2D eigenvalue weighted by Crippen LogP contribution is 2.33.